The van der Waals surface area contributed by atoms with E-state index in [-0.39, 0.29) is 12.3 Å². The highest BCUT2D eigenvalue weighted by molar-refractivity contribution is 6.03. The maximum atomic E-state index is 13.2. The Kier molecular flexibility index (Phi) is 5.75. The number of benzene rings is 2. The monoisotopic (exact) mass is 493 g/mol. The van der Waals surface area contributed by atoms with Gasteiger partial charge in [0, 0.05) is 54.8 Å². The van der Waals surface area contributed by atoms with Crippen LogP contribution in [0.3, 0.4) is 0 Å². The van der Waals surface area contributed by atoms with Crippen molar-refractivity contribution < 1.29 is 13.6 Å². The minimum Gasteiger partial charge on any atom is -0.461 e. The molecule has 0 N–H and O–H groups in total. The van der Waals surface area contributed by atoms with Crippen molar-refractivity contribution in [2.45, 2.75) is 20.3 Å². The molecule has 37 heavy (non-hydrogen) atoms. The van der Waals surface area contributed by atoms with Crippen LogP contribution in [-0.2, 0) is 11.2 Å². The first-order chi connectivity index (χ1) is 18.0. The highest BCUT2D eigenvalue weighted by Crippen LogP contribution is 2.37. The van der Waals surface area contributed by atoms with Crippen LogP contribution in [0.4, 0.5) is 5.82 Å². The highest BCUT2D eigenvalue weighted by atomic mass is 16.4. The van der Waals surface area contributed by atoms with Gasteiger partial charge >= 0.3 is 5.63 Å². The normalized spacial score (nSPS) is 14.0. The van der Waals surface area contributed by atoms with Gasteiger partial charge in [-0.05, 0) is 43.2 Å². The number of pyridine rings is 1. The van der Waals surface area contributed by atoms with Gasteiger partial charge in [0.25, 0.3) is 0 Å². The van der Waals surface area contributed by atoms with Crippen LogP contribution < -0.4 is 10.5 Å². The number of carbonyl (C=O) groups excluding carboxylic acids is 1. The number of aromatic nitrogens is 1. The van der Waals surface area contributed by atoms with Crippen molar-refractivity contribution >= 4 is 33.7 Å². The molecule has 1 amide bonds. The molecule has 1 aliphatic rings. The van der Waals surface area contributed by atoms with E-state index in [1.54, 1.807) is 12.3 Å². The number of nitrogens with zero attached hydrogens (tertiary/aromatic N) is 3. The predicted molar refractivity (Wildman–Crippen MR) is 144 cm³/mol. The number of amides is 1. The van der Waals surface area contributed by atoms with Gasteiger partial charge in [-0.1, -0.05) is 36.4 Å². The lowest BCUT2D eigenvalue weighted by Crippen LogP contribution is -2.49. The van der Waals surface area contributed by atoms with Crippen LogP contribution >= 0.6 is 0 Å². The van der Waals surface area contributed by atoms with Gasteiger partial charge in [0.05, 0.1) is 12.0 Å². The van der Waals surface area contributed by atoms with Crippen LogP contribution in [0.5, 0.6) is 0 Å². The van der Waals surface area contributed by atoms with E-state index in [0.717, 1.165) is 39.0 Å². The molecular formula is C30H27N3O4. The summed E-state index contributed by atoms with van der Waals surface area (Å²) in [7, 11) is 0. The lowest BCUT2D eigenvalue weighted by molar-refractivity contribution is -0.130. The average molecular weight is 494 g/mol. The van der Waals surface area contributed by atoms with Gasteiger partial charge in [0.2, 0.25) is 5.91 Å². The van der Waals surface area contributed by atoms with Crippen LogP contribution in [0.25, 0.3) is 33.1 Å². The number of carbonyl (C=O) groups is 1. The molecule has 1 fully saturated rings. The lowest BCUT2D eigenvalue weighted by Gasteiger charge is -2.35. The highest BCUT2D eigenvalue weighted by Gasteiger charge is 2.25. The zero-order valence-corrected chi connectivity index (χ0v) is 20.9. The minimum atomic E-state index is -0.476. The summed E-state index contributed by atoms with van der Waals surface area (Å²) in [5.41, 5.74) is 3.91. The topological polar surface area (TPSA) is 79.8 Å². The zero-order chi connectivity index (χ0) is 25.5. The van der Waals surface area contributed by atoms with Gasteiger partial charge in [-0.25, -0.2) is 9.78 Å². The fourth-order valence-electron chi connectivity index (χ4n) is 5.26. The lowest BCUT2D eigenvalue weighted by atomic mass is 9.98. The molecule has 4 heterocycles. The molecule has 0 aliphatic carbocycles. The predicted octanol–water partition coefficient (Wildman–Crippen LogP) is 5.11. The van der Waals surface area contributed by atoms with Crippen LogP contribution in [0.15, 0.2) is 80.5 Å². The Bertz CT molecular complexity index is 1660. The zero-order valence-electron chi connectivity index (χ0n) is 20.9. The Morgan fingerprint density at radius 1 is 0.892 bits per heavy atom. The van der Waals surface area contributed by atoms with Crippen molar-refractivity contribution in [2.75, 3.05) is 31.1 Å². The van der Waals surface area contributed by atoms with Crippen LogP contribution in [0.2, 0.25) is 0 Å². The second-order valence-corrected chi connectivity index (χ2v) is 9.47. The summed E-state index contributed by atoms with van der Waals surface area (Å²) >= 11 is 0. The first-order valence-electron chi connectivity index (χ1n) is 12.5. The third-order valence-electron chi connectivity index (χ3n) is 7.27. The van der Waals surface area contributed by atoms with Crippen molar-refractivity contribution in [1.29, 1.82) is 0 Å². The summed E-state index contributed by atoms with van der Waals surface area (Å²) in [6.07, 6.45) is 1.79. The van der Waals surface area contributed by atoms with Gasteiger partial charge in [0.1, 0.15) is 22.7 Å². The average Bonchev–Trinajstić information content (AvgIpc) is 3.25. The van der Waals surface area contributed by atoms with Crippen LogP contribution in [0, 0.1) is 13.8 Å². The first-order valence-corrected chi connectivity index (χ1v) is 12.5. The molecule has 0 radical (unpaired) electrons. The van der Waals surface area contributed by atoms with E-state index >= 15 is 0 Å². The molecule has 3 aromatic heterocycles. The third kappa shape index (κ3) is 4.16. The Morgan fingerprint density at radius 2 is 1.62 bits per heavy atom. The molecule has 0 spiro atoms. The SMILES string of the molecule is Cc1oc2cc3oc(=O)c(CC(=O)N4CCN(c5ccccn5)CC4)c(C)c3cc2c1-c1ccccc1. The number of hydrogen-bond acceptors (Lipinski definition) is 6. The maximum absolute atomic E-state index is 13.2. The van der Waals surface area contributed by atoms with E-state index < -0.39 is 5.63 Å². The maximum Gasteiger partial charge on any atom is 0.340 e. The summed E-state index contributed by atoms with van der Waals surface area (Å²) in [4.78, 5) is 34.5. The molecule has 0 bridgehead atoms. The Hall–Kier alpha value is -4.39. The fraction of sp³-hybridized carbons (Fsp3) is 0.233. The molecule has 1 aliphatic heterocycles. The van der Waals surface area contributed by atoms with E-state index in [2.05, 4.69) is 22.0 Å². The number of furan rings is 1. The Morgan fingerprint density at radius 3 is 2.35 bits per heavy atom. The van der Waals surface area contributed by atoms with E-state index in [1.807, 2.05) is 61.2 Å². The molecule has 0 unspecified atom stereocenters. The molecule has 7 heteroatoms. The quantitative estimate of drug-likeness (QED) is 0.324. The van der Waals surface area contributed by atoms with Gasteiger partial charge in [-0.2, -0.15) is 0 Å². The molecule has 2 aromatic carbocycles. The first kappa shape index (κ1) is 23.0. The molecule has 0 atom stereocenters. The van der Waals surface area contributed by atoms with Gasteiger partial charge in [-0.15, -0.1) is 0 Å². The van der Waals surface area contributed by atoms with Crippen molar-refractivity contribution in [2.24, 2.45) is 0 Å². The number of aryl methyl sites for hydroxylation is 2. The van der Waals surface area contributed by atoms with Gasteiger partial charge < -0.3 is 18.6 Å². The van der Waals surface area contributed by atoms with Crippen molar-refractivity contribution in [3.8, 4) is 11.1 Å². The molecule has 7 nitrogen and oxygen atoms in total. The molecule has 186 valence electrons. The smallest absolute Gasteiger partial charge is 0.340 e. The minimum absolute atomic E-state index is 0.0156. The summed E-state index contributed by atoms with van der Waals surface area (Å²) < 4.78 is 11.7. The number of fused-ring (bicyclic) bond motifs is 2. The summed E-state index contributed by atoms with van der Waals surface area (Å²) in [5, 5.41) is 1.77. The summed E-state index contributed by atoms with van der Waals surface area (Å²) in [6.45, 7) is 6.41. The Labute approximate surface area is 213 Å². The van der Waals surface area contributed by atoms with Crippen molar-refractivity contribution in [3.05, 3.63) is 94.2 Å². The van der Waals surface area contributed by atoms with E-state index in [4.69, 9.17) is 8.83 Å². The van der Waals surface area contributed by atoms with Crippen molar-refractivity contribution in [1.82, 2.24) is 9.88 Å². The number of hydrogen-bond donors (Lipinski definition) is 0. The number of rotatable bonds is 4. The summed E-state index contributed by atoms with van der Waals surface area (Å²) in [5.74, 6) is 1.65. The third-order valence-corrected chi connectivity index (χ3v) is 7.27. The molecular weight excluding hydrogens is 466 g/mol. The fourth-order valence-corrected chi connectivity index (χ4v) is 5.26. The molecule has 0 saturated carbocycles. The largest absolute Gasteiger partial charge is 0.461 e. The van der Waals surface area contributed by atoms with E-state index in [0.29, 0.717) is 42.9 Å². The van der Waals surface area contributed by atoms with E-state index in [9.17, 15) is 9.59 Å². The number of piperazine rings is 1. The second-order valence-electron chi connectivity index (χ2n) is 9.47. The molecule has 1 saturated heterocycles. The van der Waals surface area contributed by atoms with Crippen LogP contribution in [0.1, 0.15) is 16.9 Å². The van der Waals surface area contributed by atoms with Crippen molar-refractivity contribution in [3.63, 3.8) is 0 Å². The molecule has 6 rings (SSSR count). The van der Waals surface area contributed by atoms with Gasteiger partial charge in [-0.3, -0.25) is 4.79 Å². The molecule has 5 aromatic rings. The van der Waals surface area contributed by atoms with E-state index in [1.165, 1.54) is 0 Å². The van der Waals surface area contributed by atoms with Gasteiger partial charge in [0.15, 0.2) is 0 Å². The standard InChI is InChI=1S/C30H27N3O4/c1-19-22-16-24-26(36-20(2)29(24)21-8-4-3-5-9-21)18-25(22)37-30(35)23(19)17-28(34)33-14-12-32(13-15-33)27-10-6-7-11-31-27/h3-11,16,18H,12-15,17H2,1-2H3. The Balaban J connectivity index is 1.30. The number of anilines is 1. The van der Waals surface area contributed by atoms with Crippen LogP contribution in [-0.4, -0.2) is 42.0 Å². The summed E-state index contributed by atoms with van der Waals surface area (Å²) in [6, 6.07) is 19.7. The second kappa shape index (κ2) is 9.24.